The summed E-state index contributed by atoms with van der Waals surface area (Å²) < 4.78 is 16.9. The standard InChI is InChI=1S/C35H39N5O7/c1-22(47-35(2,3)4)31(38-34(44)46-21-28-26-16-10-8-14-24(26)25-15-9-11-17-27(25)28)33(43)37-29(32(42)39-40-36)18-19-30(41)45-20-23-12-6-5-7-13-23/h5-17,22,28-29,31H,18-21H2,1-4H3,(H,37,43)(H,38,44)/t22-,29+,31+/m1/s1. The van der Waals surface area contributed by atoms with Gasteiger partial charge in [0.1, 0.15) is 19.3 Å². The van der Waals surface area contributed by atoms with Crippen LogP contribution in [0.3, 0.4) is 0 Å². The number of hydrogen-bond acceptors (Lipinski definition) is 7. The van der Waals surface area contributed by atoms with Crippen molar-refractivity contribution >= 4 is 23.9 Å². The Morgan fingerprint density at radius 3 is 2.06 bits per heavy atom. The molecule has 0 aliphatic heterocycles. The SMILES string of the molecule is C[C@@H](OC(C)(C)C)[C@H](NC(=O)OCC1c2ccccc2-c2ccccc21)C(=O)N[C@@H](CCC(=O)OCc1ccccc1)C(=O)N=[N+]=[N-]. The summed E-state index contributed by atoms with van der Waals surface area (Å²) in [6.45, 7) is 7.04. The van der Waals surface area contributed by atoms with Gasteiger partial charge in [0.2, 0.25) is 11.8 Å². The lowest BCUT2D eigenvalue weighted by atomic mass is 9.98. The van der Waals surface area contributed by atoms with Gasteiger partial charge in [-0.05, 0) is 72.6 Å². The topological polar surface area (TPSA) is 169 Å². The molecular formula is C35H39N5O7. The second-order valence-electron chi connectivity index (χ2n) is 12.2. The van der Waals surface area contributed by atoms with E-state index in [1.165, 1.54) is 0 Å². The van der Waals surface area contributed by atoms with Crippen molar-refractivity contribution in [1.82, 2.24) is 10.6 Å². The number of nitrogens with zero attached hydrogens (tertiary/aromatic N) is 3. The largest absolute Gasteiger partial charge is 0.461 e. The quantitative estimate of drug-likeness (QED) is 0.101. The lowest BCUT2D eigenvalue weighted by Crippen LogP contribution is -2.57. The van der Waals surface area contributed by atoms with Crippen molar-refractivity contribution in [3.63, 3.8) is 0 Å². The number of azide groups is 1. The molecule has 12 nitrogen and oxygen atoms in total. The second kappa shape index (κ2) is 15.9. The number of nitrogens with one attached hydrogen (secondary N) is 2. The highest BCUT2D eigenvalue weighted by Gasteiger charge is 2.35. The lowest BCUT2D eigenvalue weighted by molar-refractivity contribution is -0.145. The average Bonchev–Trinajstić information content (AvgIpc) is 3.36. The minimum absolute atomic E-state index is 0.0196. The molecule has 0 saturated heterocycles. The van der Waals surface area contributed by atoms with E-state index in [4.69, 9.17) is 19.7 Å². The molecule has 4 rings (SSSR count). The van der Waals surface area contributed by atoms with Crippen LogP contribution in [0.25, 0.3) is 21.6 Å². The monoisotopic (exact) mass is 641 g/mol. The van der Waals surface area contributed by atoms with Crippen LogP contribution in [0.4, 0.5) is 4.79 Å². The van der Waals surface area contributed by atoms with Gasteiger partial charge in [-0.3, -0.25) is 14.4 Å². The number of esters is 1. The van der Waals surface area contributed by atoms with Gasteiger partial charge in [-0.1, -0.05) is 78.9 Å². The Bertz CT molecular complexity index is 1590. The highest BCUT2D eigenvalue weighted by Crippen LogP contribution is 2.44. The minimum atomic E-state index is -1.36. The van der Waals surface area contributed by atoms with Crippen LogP contribution in [0.5, 0.6) is 0 Å². The lowest BCUT2D eigenvalue weighted by Gasteiger charge is -2.31. The number of amides is 3. The Hall–Kier alpha value is -5.19. The zero-order valence-corrected chi connectivity index (χ0v) is 26.8. The van der Waals surface area contributed by atoms with Crippen molar-refractivity contribution in [1.29, 1.82) is 0 Å². The molecule has 2 N–H and O–H groups in total. The van der Waals surface area contributed by atoms with Crippen molar-refractivity contribution in [2.45, 2.75) is 76.9 Å². The maximum atomic E-state index is 13.6. The Kier molecular flexibility index (Phi) is 11.7. The van der Waals surface area contributed by atoms with Crippen LogP contribution in [0, 0.1) is 0 Å². The number of ether oxygens (including phenoxy) is 3. The summed E-state index contributed by atoms with van der Waals surface area (Å²) in [7, 11) is 0. The number of rotatable bonds is 13. The van der Waals surface area contributed by atoms with E-state index in [-0.39, 0.29) is 32.0 Å². The molecule has 0 radical (unpaired) electrons. The zero-order valence-electron chi connectivity index (χ0n) is 26.8. The third kappa shape index (κ3) is 9.65. The van der Waals surface area contributed by atoms with Crippen LogP contribution in [0.1, 0.15) is 63.1 Å². The molecular weight excluding hydrogens is 602 g/mol. The molecule has 3 amide bonds. The molecule has 0 heterocycles. The number of fused-ring (bicyclic) bond motifs is 3. The van der Waals surface area contributed by atoms with Gasteiger partial charge in [0.05, 0.1) is 17.7 Å². The van der Waals surface area contributed by atoms with Gasteiger partial charge in [-0.15, -0.1) is 0 Å². The number of carbonyl (C=O) groups excluding carboxylic acids is 4. The number of alkyl carbamates (subject to hydrolysis) is 1. The van der Waals surface area contributed by atoms with Gasteiger partial charge in [0, 0.05) is 17.3 Å². The Balaban J connectivity index is 1.43. The zero-order chi connectivity index (χ0) is 34.0. The fraction of sp³-hybridized carbons (Fsp3) is 0.371. The minimum Gasteiger partial charge on any atom is -0.461 e. The molecule has 0 unspecified atom stereocenters. The van der Waals surface area contributed by atoms with Gasteiger partial charge >= 0.3 is 12.1 Å². The Morgan fingerprint density at radius 2 is 1.47 bits per heavy atom. The Morgan fingerprint density at radius 1 is 0.872 bits per heavy atom. The van der Waals surface area contributed by atoms with Gasteiger partial charge in [0.15, 0.2) is 0 Å². The summed E-state index contributed by atoms with van der Waals surface area (Å²) in [6, 6.07) is 22.2. The fourth-order valence-corrected chi connectivity index (χ4v) is 5.49. The van der Waals surface area contributed by atoms with E-state index in [0.29, 0.717) is 0 Å². The van der Waals surface area contributed by atoms with Crippen molar-refractivity contribution in [3.05, 3.63) is 106 Å². The molecule has 3 aromatic rings. The van der Waals surface area contributed by atoms with Crippen LogP contribution in [-0.4, -0.2) is 54.3 Å². The van der Waals surface area contributed by atoms with Crippen molar-refractivity contribution in [3.8, 4) is 11.1 Å². The molecule has 0 aromatic heterocycles. The molecule has 246 valence electrons. The maximum absolute atomic E-state index is 13.6. The molecule has 47 heavy (non-hydrogen) atoms. The molecule has 12 heteroatoms. The normalized spacial score (nSPS) is 14.0. The summed E-state index contributed by atoms with van der Waals surface area (Å²) in [6.07, 6.45) is -2.19. The predicted octanol–water partition coefficient (Wildman–Crippen LogP) is 5.94. The van der Waals surface area contributed by atoms with E-state index in [2.05, 4.69) is 20.7 Å². The number of benzene rings is 3. The molecule has 0 bridgehead atoms. The molecule has 3 aromatic carbocycles. The molecule has 0 spiro atoms. The number of hydrogen-bond donors (Lipinski definition) is 2. The fourth-order valence-electron chi connectivity index (χ4n) is 5.49. The van der Waals surface area contributed by atoms with Gasteiger partial charge in [0.25, 0.3) is 0 Å². The molecule has 1 aliphatic carbocycles. The summed E-state index contributed by atoms with van der Waals surface area (Å²) in [5.74, 6) is -2.60. The molecule has 0 fully saturated rings. The summed E-state index contributed by atoms with van der Waals surface area (Å²) >= 11 is 0. The summed E-state index contributed by atoms with van der Waals surface area (Å²) in [5.41, 5.74) is 13.2. The van der Waals surface area contributed by atoms with E-state index in [1.54, 1.807) is 39.8 Å². The van der Waals surface area contributed by atoms with Gasteiger partial charge < -0.3 is 24.8 Å². The highest BCUT2D eigenvalue weighted by atomic mass is 16.6. The first-order valence-electron chi connectivity index (χ1n) is 15.3. The van der Waals surface area contributed by atoms with E-state index in [9.17, 15) is 19.2 Å². The van der Waals surface area contributed by atoms with Crippen LogP contribution >= 0.6 is 0 Å². The highest BCUT2D eigenvalue weighted by molar-refractivity contribution is 5.92. The molecule has 0 saturated carbocycles. The average molecular weight is 642 g/mol. The first kappa shape index (κ1) is 34.7. The molecule has 1 aliphatic rings. The van der Waals surface area contributed by atoms with Crippen molar-refractivity contribution < 1.29 is 33.4 Å². The summed E-state index contributed by atoms with van der Waals surface area (Å²) in [5, 5.41) is 8.22. The predicted molar refractivity (Wildman–Crippen MR) is 174 cm³/mol. The first-order chi connectivity index (χ1) is 22.5. The van der Waals surface area contributed by atoms with Crippen molar-refractivity contribution in [2.75, 3.05) is 6.61 Å². The van der Waals surface area contributed by atoms with Crippen LogP contribution < -0.4 is 10.6 Å². The second-order valence-corrected chi connectivity index (χ2v) is 12.2. The third-order valence-corrected chi connectivity index (χ3v) is 7.55. The summed E-state index contributed by atoms with van der Waals surface area (Å²) in [4.78, 5) is 54.4. The Labute approximate surface area is 273 Å². The smallest absolute Gasteiger partial charge is 0.407 e. The number of carbonyl (C=O) groups is 4. The van der Waals surface area contributed by atoms with Crippen LogP contribution in [0.15, 0.2) is 84.0 Å². The third-order valence-electron chi connectivity index (χ3n) is 7.55. The van der Waals surface area contributed by atoms with E-state index < -0.39 is 47.7 Å². The van der Waals surface area contributed by atoms with Gasteiger partial charge in [-0.2, -0.15) is 0 Å². The van der Waals surface area contributed by atoms with Crippen molar-refractivity contribution in [2.24, 2.45) is 5.11 Å². The maximum Gasteiger partial charge on any atom is 0.407 e. The van der Waals surface area contributed by atoms with E-state index in [0.717, 1.165) is 27.8 Å². The first-order valence-corrected chi connectivity index (χ1v) is 15.3. The van der Waals surface area contributed by atoms with Gasteiger partial charge in [-0.25, -0.2) is 4.79 Å². The van der Waals surface area contributed by atoms with E-state index >= 15 is 0 Å². The van der Waals surface area contributed by atoms with Crippen LogP contribution in [0.2, 0.25) is 0 Å². The van der Waals surface area contributed by atoms with E-state index in [1.807, 2.05) is 66.7 Å². The van der Waals surface area contributed by atoms with Crippen LogP contribution in [-0.2, 0) is 35.2 Å². The molecule has 3 atom stereocenters.